The standard InChI is InChI=1S/Cu.2Ni.2W. The molecule has 0 aliphatic rings. The summed E-state index contributed by atoms with van der Waals surface area (Å²) in [6, 6.07) is 0. The molecule has 0 aromatic rings. The van der Waals surface area contributed by atoms with Gasteiger partial charge in [0.1, 0.15) is 0 Å². The molecule has 0 saturated carbocycles. The average Bonchev–Trinajstić information content (AvgIpc) is 0. The van der Waals surface area contributed by atoms with E-state index in [4.69, 9.17) is 0 Å². The first-order chi connectivity index (χ1) is 0. The predicted molar refractivity (Wildman–Crippen MR) is 0 cm³/mol. The summed E-state index contributed by atoms with van der Waals surface area (Å²) < 4.78 is 0. The third-order valence-corrected chi connectivity index (χ3v) is 0. The van der Waals surface area contributed by atoms with Gasteiger partial charge < -0.3 is 0 Å². The molecule has 5 heavy (non-hydrogen) atoms. The van der Waals surface area contributed by atoms with Gasteiger partial charge in [-0.2, -0.15) is 0 Å². The zero-order valence-electron chi connectivity index (χ0n) is 1.75. The van der Waals surface area contributed by atoms with E-state index in [9.17, 15) is 0 Å². The van der Waals surface area contributed by atoms with Gasteiger partial charge in [0.15, 0.2) is 0 Å². The molecule has 1 radical (unpaired) electrons. The van der Waals surface area contributed by atoms with Crippen molar-refractivity contribution in [2.75, 3.05) is 0 Å². The first kappa shape index (κ1) is 44.9. The minimum atomic E-state index is 0. The number of rotatable bonds is 0. The minimum Gasteiger partial charge on any atom is 0 e. The Morgan fingerprint density at radius 3 is 0.600 bits per heavy atom. The van der Waals surface area contributed by atoms with E-state index in [0.29, 0.717) is 0 Å². The van der Waals surface area contributed by atoms with Crippen LogP contribution in [0.2, 0.25) is 0 Å². The second kappa shape index (κ2) is 28.7. The van der Waals surface area contributed by atoms with Crippen molar-refractivity contribution in [2.45, 2.75) is 0 Å². The molecule has 0 heterocycles. The van der Waals surface area contributed by atoms with E-state index >= 15 is 0 Å². The Labute approximate surface area is 90.8 Å². The van der Waals surface area contributed by atoms with E-state index in [2.05, 4.69) is 0 Å². The Morgan fingerprint density at radius 1 is 0.600 bits per heavy atom. The maximum absolute atomic E-state index is 0. The van der Waals surface area contributed by atoms with E-state index in [1.165, 1.54) is 0 Å². The van der Waals surface area contributed by atoms with Gasteiger partial charge in [-0.1, -0.05) is 0 Å². The quantitative estimate of drug-likeness (QED) is 0.374. The summed E-state index contributed by atoms with van der Waals surface area (Å²) in [4.78, 5) is 0. The van der Waals surface area contributed by atoms with Crippen LogP contribution in [0.15, 0.2) is 0 Å². The van der Waals surface area contributed by atoms with Gasteiger partial charge in [-0.15, -0.1) is 0 Å². The Bertz CT molecular complexity index is 7.61. The monoisotopic (exact) mass is 547 g/mol. The molecule has 0 fully saturated rings. The number of hydrogen-bond acceptors (Lipinski definition) is 0. The maximum atomic E-state index is 0. The molecule has 0 bridgehead atoms. The SMILES string of the molecule is [Cu].[Ni].[Ni].[W].[W]. The summed E-state index contributed by atoms with van der Waals surface area (Å²) in [5.41, 5.74) is 0. The van der Waals surface area contributed by atoms with Gasteiger partial charge in [0.05, 0.1) is 0 Å². The molecule has 0 rings (SSSR count). The summed E-state index contributed by atoms with van der Waals surface area (Å²) in [6.07, 6.45) is 0. The molecule has 0 saturated heterocycles. The zero-order chi connectivity index (χ0) is 0. The largest absolute Gasteiger partial charge is 0 e. The molecular formula is CuNi2W2. The molecule has 0 N–H and O–H groups in total. The second-order valence-electron chi connectivity index (χ2n) is 0. The van der Waals surface area contributed by atoms with E-state index < -0.39 is 0 Å². The summed E-state index contributed by atoms with van der Waals surface area (Å²) in [5.74, 6) is 0. The molecule has 5 heteroatoms. The van der Waals surface area contributed by atoms with Gasteiger partial charge in [0.2, 0.25) is 0 Å². The molecule has 0 aromatic carbocycles. The molecule has 43 valence electrons. The van der Waals surface area contributed by atoms with Crippen LogP contribution in [0.5, 0.6) is 0 Å². The van der Waals surface area contributed by atoms with Crippen LogP contribution < -0.4 is 0 Å². The van der Waals surface area contributed by atoms with Gasteiger partial charge in [0, 0.05) is 92.2 Å². The third kappa shape index (κ3) is 19.7. The van der Waals surface area contributed by atoms with Gasteiger partial charge in [0.25, 0.3) is 0 Å². The normalized spacial score (nSPS) is 0. The van der Waals surface area contributed by atoms with Crippen molar-refractivity contribution in [2.24, 2.45) is 0 Å². The van der Waals surface area contributed by atoms with Crippen LogP contribution >= 0.6 is 0 Å². The van der Waals surface area contributed by atoms with Crippen molar-refractivity contribution < 1.29 is 92.2 Å². The van der Waals surface area contributed by atoms with Gasteiger partial charge in [-0.3, -0.25) is 0 Å². The molecule has 0 atom stereocenters. The fraction of sp³-hybridized carbons (Fsp3) is 0. The van der Waals surface area contributed by atoms with Crippen LogP contribution in [0, 0.1) is 0 Å². The average molecular weight is 549 g/mol. The minimum absolute atomic E-state index is 0. The Hall–Kier alpha value is 2.88. The predicted octanol–water partition coefficient (Wildman–Crippen LogP) is -0.0125. The van der Waals surface area contributed by atoms with Gasteiger partial charge in [-0.25, -0.2) is 0 Å². The van der Waals surface area contributed by atoms with E-state index in [1.54, 1.807) is 0 Å². The molecule has 0 aromatic heterocycles. The molecule has 0 unspecified atom stereocenters. The molecule has 0 nitrogen and oxygen atoms in total. The smallest absolute Gasteiger partial charge is 0 e. The van der Waals surface area contributed by atoms with Crippen LogP contribution in [0.25, 0.3) is 0 Å². The topological polar surface area (TPSA) is 0 Å². The summed E-state index contributed by atoms with van der Waals surface area (Å²) in [7, 11) is 0. The molecule has 0 amide bonds. The summed E-state index contributed by atoms with van der Waals surface area (Å²) in [6.45, 7) is 0. The molecular weight excluding hydrogens is 549 g/mol. The molecule has 0 spiro atoms. The van der Waals surface area contributed by atoms with Crippen molar-refractivity contribution in [3.8, 4) is 0 Å². The van der Waals surface area contributed by atoms with Crippen molar-refractivity contribution in [3.05, 3.63) is 0 Å². The van der Waals surface area contributed by atoms with Gasteiger partial charge in [-0.05, 0) is 0 Å². The molecule has 0 aliphatic heterocycles. The van der Waals surface area contributed by atoms with E-state index in [-0.39, 0.29) is 92.2 Å². The van der Waals surface area contributed by atoms with Crippen molar-refractivity contribution in [1.82, 2.24) is 0 Å². The zero-order valence-corrected chi connectivity index (χ0v) is 10.5. The van der Waals surface area contributed by atoms with Gasteiger partial charge >= 0.3 is 0 Å². The summed E-state index contributed by atoms with van der Waals surface area (Å²) in [5, 5.41) is 0. The fourth-order valence-electron chi connectivity index (χ4n) is 0. The first-order valence-corrected chi connectivity index (χ1v) is 0. The van der Waals surface area contributed by atoms with Crippen LogP contribution in [0.1, 0.15) is 0 Å². The van der Waals surface area contributed by atoms with Crippen molar-refractivity contribution >= 4 is 0 Å². The first-order valence-electron chi connectivity index (χ1n) is 0. The molecule has 0 aliphatic carbocycles. The fourth-order valence-corrected chi connectivity index (χ4v) is 0. The Balaban J connectivity index is 0. The maximum Gasteiger partial charge on any atom is 0 e. The summed E-state index contributed by atoms with van der Waals surface area (Å²) >= 11 is 0. The number of hydrogen-bond donors (Lipinski definition) is 0. The second-order valence-corrected chi connectivity index (χ2v) is 0. The van der Waals surface area contributed by atoms with Crippen molar-refractivity contribution in [3.63, 3.8) is 0 Å². The van der Waals surface area contributed by atoms with Crippen molar-refractivity contribution in [1.29, 1.82) is 0 Å². The van der Waals surface area contributed by atoms with Crippen LogP contribution in [-0.2, 0) is 92.2 Å². The van der Waals surface area contributed by atoms with Crippen LogP contribution in [0.4, 0.5) is 0 Å². The third-order valence-electron chi connectivity index (χ3n) is 0. The van der Waals surface area contributed by atoms with E-state index in [0.717, 1.165) is 0 Å². The van der Waals surface area contributed by atoms with E-state index in [1.807, 2.05) is 0 Å². The van der Waals surface area contributed by atoms with Crippen LogP contribution in [0.3, 0.4) is 0 Å². The Kier molecular flexibility index (Phi) is 258. The van der Waals surface area contributed by atoms with Crippen LogP contribution in [-0.4, -0.2) is 0 Å². The Morgan fingerprint density at radius 2 is 0.600 bits per heavy atom.